The van der Waals surface area contributed by atoms with Gasteiger partial charge in [-0.25, -0.2) is 28.1 Å². The fourth-order valence-corrected chi connectivity index (χ4v) is 4.90. The number of aromatic nitrogens is 6. The number of imidazole rings is 1. The number of para-hydroxylation sites is 1. The monoisotopic (exact) mass is 556 g/mol. The maximum atomic E-state index is 14.3. The number of amides is 1. The summed E-state index contributed by atoms with van der Waals surface area (Å²) in [6.45, 7) is 0.416. The van der Waals surface area contributed by atoms with Crippen LogP contribution in [-0.2, 0) is 16.6 Å². The van der Waals surface area contributed by atoms with Crippen LogP contribution in [0.1, 0.15) is 44.2 Å². The number of fused-ring (bicyclic) bond motifs is 1. The molecule has 2 N–H and O–H groups in total. The smallest absolute Gasteiger partial charge is 0.295 e. The third-order valence-electron chi connectivity index (χ3n) is 6.94. The highest BCUT2D eigenvalue weighted by Crippen LogP contribution is 2.41. The van der Waals surface area contributed by atoms with Gasteiger partial charge >= 0.3 is 0 Å². The van der Waals surface area contributed by atoms with E-state index in [4.69, 9.17) is 9.47 Å². The zero-order valence-electron chi connectivity index (χ0n) is 21.8. The fraction of sp³-hybridized carbons (Fsp3) is 0.423. The zero-order chi connectivity index (χ0) is 28.0. The molecule has 1 aliphatic heterocycles. The summed E-state index contributed by atoms with van der Waals surface area (Å²) in [5.41, 5.74) is 1.63. The maximum absolute atomic E-state index is 14.3. The Bertz CT molecular complexity index is 1570. The van der Waals surface area contributed by atoms with Crippen LogP contribution in [0.15, 0.2) is 30.6 Å². The second-order valence-corrected chi connectivity index (χ2v) is 9.79. The van der Waals surface area contributed by atoms with Crippen molar-refractivity contribution in [3.05, 3.63) is 36.4 Å². The minimum Gasteiger partial charge on any atom is -0.494 e. The van der Waals surface area contributed by atoms with E-state index >= 15 is 0 Å². The van der Waals surface area contributed by atoms with Crippen molar-refractivity contribution >= 4 is 34.3 Å². The van der Waals surface area contributed by atoms with Crippen molar-refractivity contribution in [2.24, 2.45) is 13.0 Å². The highest BCUT2D eigenvalue weighted by atomic mass is 19.3. The Morgan fingerprint density at radius 2 is 2.05 bits per heavy atom. The topological polar surface area (TPSA) is 121 Å². The Kier molecular flexibility index (Phi) is 6.78. The van der Waals surface area contributed by atoms with Gasteiger partial charge in [-0.05, 0) is 37.8 Å². The van der Waals surface area contributed by atoms with E-state index in [2.05, 4.69) is 30.7 Å². The number of ether oxygens (including phenoxy) is 2. The molecule has 1 aliphatic carbocycles. The first-order valence-electron chi connectivity index (χ1n) is 12.9. The van der Waals surface area contributed by atoms with E-state index in [0.717, 1.165) is 12.8 Å². The fourth-order valence-electron chi connectivity index (χ4n) is 4.90. The maximum Gasteiger partial charge on any atom is 0.295 e. The first-order chi connectivity index (χ1) is 19.3. The third kappa shape index (κ3) is 4.83. The highest BCUT2D eigenvalue weighted by molar-refractivity contribution is 5.98. The average Bonchev–Trinajstić information content (AvgIpc) is 3.33. The van der Waals surface area contributed by atoms with Gasteiger partial charge < -0.3 is 20.1 Å². The molecule has 1 amide bonds. The van der Waals surface area contributed by atoms with Crippen LogP contribution in [0, 0.1) is 5.92 Å². The zero-order valence-corrected chi connectivity index (χ0v) is 21.8. The van der Waals surface area contributed by atoms with E-state index in [9.17, 15) is 18.0 Å². The van der Waals surface area contributed by atoms with Crippen molar-refractivity contribution < 1.29 is 27.4 Å². The predicted octanol–water partition coefficient (Wildman–Crippen LogP) is 4.91. The van der Waals surface area contributed by atoms with E-state index in [1.54, 1.807) is 36.3 Å². The summed E-state index contributed by atoms with van der Waals surface area (Å²) in [5, 5.41) is 10.2. The van der Waals surface area contributed by atoms with E-state index in [0.29, 0.717) is 35.9 Å². The number of rotatable bonds is 8. The summed E-state index contributed by atoms with van der Waals surface area (Å²) in [5.74, 6) is -0.880. The molecule has 1 unspecified atom stereocenters. The lowest BCUT2D eigenvalue weighted by atomic mass is 10.1. The number of nitrogens with one attached hydrogen (secondary N) is 2. The Hall–Kier alpha value is -4.20. The molecular formula is C26H27F3N8O3. The molecule has 6 rings (SSSR count). The van der Waals surface area contributed by atoms with Gasteiger partial charge in [-0.1, -0.05) is 6.07 Å². The van der Waals surface area contributed by atoms with Gasteiger partial charge in [0, 0.05) is 19.7 Å². The second kappa shape index (κ2) is 10.4. The second-order valence-electron chi connectivity index (χ2n) is 9.79. The highest BCUT2D eigenvalue weighted by Gasteiger charge is 2.44. The van der Waals surface area contributed by atoms with Gasteiger partial charge in [0.2, 0.25) is 5.91 Å². The molecule has 2 aliphatic rings. The summed E-state index contributed by atoms with van der Waals surface area (Å²) >= 11 is 0. The first kappa shape index (κ1) is 26.0. The van der Waals surface area contributed by atoms with Gasteiger partial charge in [0.1, 0.15) is 30.1 Å². The van der Waals surface area contributed by atoms with Crippen molar-refractivity contribution in [2.75, 3.05) is 24.4 Å². The van der Waals surface area contributed by atoms with Crippen LogP contribution in [0.2, 0.25) is 0 Å². The predicted molar refractivity (Wildman–Crippen MR) is 139 cm³/mol. The summed E-state index contributed by atoms with van der Waals surface area (Å²) in [6, 6.07) is 6.78. The number of pyridine rings is 1. The van der Waals surface area contributed by atoms with Gasteiger partial charge in [0.15, 0.2) is 23.0 Å². The molecule has 40 heavy (non-hydrogen) atoms. The normalized spacial score (nSPS) is 20.6. The van der Waals surface area contributed by atoms with E-state index in [1.165, 1.54) is 17.7 Å². The lowest BCUT2D eigenvalue weighted by molar-refractivity contribution is -0.117. The van der Waals surface area contributed by atoms with Crippen LogP contribution in [0.5, 0.6) is 5.75 Å². The molecule has 14 heteroatoms. The van der Waals surface area contributed by atoms with Gasteiger partial charge in [-0.2, -0.15) is 5.10 Å². The standard InChI is InChI=1S/C26H27F3N8O3/c1-36-12-30-23(35-36)13-6-5-7-16(21(13)39-2)31-17-11-18(33-26(38)14-10-15(14)27)32-24-20(17)34-25(22(28)29)37(24)19-8-3-4-9-40-19/h5-7,11-12,14-15,19,22H,3-4,8-10H2,1-2H3,(H2,31,32,33,38)/t14-,15-,19?/m0/s1. The molecule has 2 fully saturated rings. The molecular weight excluding hydrogens is 529 g/mol. The van der Waals surface area contributed by atoms with Crippen LogP contribution in [-0.4, -0.2) is 55.1 Å². The van der Waals surface area contributed by atoms with Gasteiger partial charge in [0.25, 0.3) is 6.43 Å². The van der Waals surface area contributed by atoms with Crippen LogP contribution < -0.4 is 15.4 Å². The van der Waals surface area contributed by atoms with E-state index in [1.807, 2.05) is 0 Å². The number of alkyl halides is 3. The number of aryl methyl sites for hydroxylation is 1. The summed E-state index contributed by atoms with van der Waals surface area (Å²) < 4.78 is 56.5. The van der Waals surface area contributed by atoms with Crippen LogP contribution in [0.25, 0.3) is 22.6 Å². The van der Waals surface area contributed by atoms with Gasteiger partial charge in [0.05, 0.1) is 30.0 Å². The van der Waals surface area contributed by atoms with E-state index < -0.39 is 36.5 Å². The number of anilines is 3. The molecule has 1 saturated carbocycles. The Labute approximate surface area is 226 Å². The molecule has 0 spiro atoms. The van der Waals surface area contributed by atoms with Gasteiger partial charge in [-0.15, -0.1) is 0 Å². The summed E-state index contributed by atoms with van der Waals surface area (Å²) in [4.78, 5) is 25.6. The molecule has 3 aromatic heterocycles. The molecule has 4 heterocycles. The molecule has 3 atom stereocenters. The molecule has 0 radical (unpaired) electrons. The van der Waals surface area contributed by atoms with Gasteiger partial charge in [-0.3, -0.25) is 14.0 Å². The Morgan fingerprint density at radius 1 is 1.23 bits per heavy atom. The molecule has 11 nitrogen and oxygen atoms in total. The van der Waals surface area contributed by atoms with E-state index in [-0.39, 0.29) is 29.1 Å². The third-order valence-corrected chi connectivity index (χ3v) is 6.94. The number of hydrogen-bond donors (Lipinski definition) is 2. The molecule has 210 valence electrons. The number of hydrogen-bond acceptors (Lipinski definition) is 8. The largest absolute Gasteiger partial charge is 0.494 e. The van der Waals surface area contributed by atoms with Crippen molar-refractivity contribution in [1.82, 2.24) is 29.3 Å². The Morgan fingerprint density at radius 3 is 2.70 bits per heavy atom. The number of carbonyl (C=O) groups excluding carboxylic acids is 1. The number of halogens is 3. The van der Waals surface area contributed by atoms with Crippen molar-refractivity contribution in [3.8, 4) is 17.1 Å². The average molecular weight is 557 g/mol. The van der Waals surface area contributed by atoms with Crippen molar-refractivity contribution in [1.29, 1.82) is 0 Å². The first-order valence-corrected chi connectivity index (χ1v) is 12.9. The quantitative estimate of drug-likeness (QED) is 0.314. The lowest BCUT2D eigenvalue weighted by Gasteiger charge is -2.25. The van der Waals surface area contributed by atoms with Crippen molar-refractivity contribution in [2.45, 2.75) is 44.5 Å². The number of carbonyl (C=O) groups is 1. The lowest BCUT2D eigenvalue weighted by Crippen LogP contribution is -2.21. The number of methoxy groups -OCH3 is 1. The summed E-state index contributed by atoms with van der Waals surface area (Å²) in [7, 11) is 3.24. The minimum atomic E-state index is -2.91. The minimum absolute atomic E-state index is 0.0680. The van der Waals surface area contributed by atoms with Crippen LogP contribution in [0.3, 0.4) is 0 Å². The molecule has 4 aromatic rings. The number of nitrogens with zero attached hydrogens (tertiary/aromatic N) is 6. The number of benzene rings is 1. The van der Waals surface area contributed by atoms with Crippen LogP contribution >= 0.6 is 0 Å². The SMILES string of the molecule is COc1c(Nc2cc(NC(=O)[C@H]3C[C@@H]3F)nc3c2nc(C(F)F)n3C2CCCCO2)cccc1-c1ncn(C)n1. The van der Waals surface area contributed by atoms with Crippen molar-refractivity contribution in [3.63, 3.8) is 0 Å². The Balaban J connectivity index is 1.48. The molecule has 1 aromatic carbocycles. The summed E-state index contributed by atoms with van der Waals surface area (Å²) in [6.07, 6.45) is -0.997. The molecule has 1 saturated heterocycles. The van der Waals surface area contributed by atoms with Crippen LogP contribution in [0.4, 0.5) is 30.4 Å². The molecule has 0 bridgehead atoms.